The topological polar surface area (TPSA) is 72.3 Å². The lowest BCUT2D eigenvalue weighted by atomic mass is 10.1. The normalized spacial score (nSPS) is 15.1. The Kier molecular flexibility index (Phi) is 5.06. The van der Waals surface area contributed by atoms with Crippen LogP contribution in [0.1, 0.15) is 5.56 Å². The van der Waals surface area contributed by atoms with Crippen molar-refractivity contribution in [1.29, 1.82) is 0 Å². The number of aromatic nitrogens is 3. The molecular formula is C24H21N5O2. The van der Waals surface area contributed by atoms with Crippen LogP contribution < -0.4 is 15.0 Å². The molecule has 7 heteroatoms. The molecule has 4 aromatic rings. The molecule has 2 aromatic heterocycles. The molecule has 0 fully saturated rings. The van der Waals surface area contributed by atoms with Crippen molar-refractivity contribution in [3.63, 3.8) is 0 Å². The zero-order chi connectivity index (χ0) is 21.0. The molecule has 1 N–H and O–H groups in total. The fraction of sp³-hybridized carbons (Fsp3) is 0.125. The molecule has 2 aromatic carbocycles. The van der Waals surface area contributed by atoms with Crippen LogP contribution in [0.5, 0.6) is 5.75 Å². The van der Waals surface area contributed by atoms with E-state index in [0.29, 0.717) is 24.7 Å². The molecule has 0 spiro atoms. The maximum atomic E-state index is 12.8. The lowest BCUT2D eigenvalue weighted by molar-refractivity contribution is -0.122. The summed E-state index contributed by atoms with van der Waals surface area (Å²) in [5.74, 6) is 0.992. The van der Waals surface area contributed by atoms with E-state index in [9.17, 15) is 4.79 Å². The fourth-order valence-electron chi connectivity index (χ4n) is 3.63. The Labute approximate surface area is 179 Å². The Morgan fingerprint density at radius 2 is 1.84 bits per heavy atom. The van der Waals surface area contributed by atoms with Gasteiger partial charge in [0, 0.05) is 25.1 Å². The van der Waals surface area contributed by atoms with Gasteiger partial charge < -0.3 is 15.0 Å². The van der Waals surface area contributed by atoms with Crippen molar-refractivity contribution in [1.82, 2.24) is 14.8 Å². The highest BCUT2D eigenvalue weighted by atomic mass is 16.5. The summed E-state index contributed by atoms with van der Waals surface area (Å²) in [5, 5.41) is 7.10. The Hall–Kier alpha value is -4.13. The molecule has 0 saturated carbocycles. The molecule has 1 atom stereocenters. The van der Waals surface area contributed by atoms with Crippen molar-refractivity contribution >= 4 is 17.4 Å². The minimum absolute atomic E-state index is 0.216. The standard InChI is InChI=1S/C24H21N5O2/c30-24(27-23-8-3-4-13-25-23)22-17-28(20-6-1-2-7-21(20)31-22)16-18-9-11-19(12-10-18)29-15-5-14-26-29/h1-15,22H,16-17H2,(H,25,27,30). The number of nitrogens with zero attached hydrogens (tertiary/aromatic N) is 4. The first-order chi connectivity index (χ1) is 15.3. The van der Waals surface area contributed by atoms with Gasteiger partial charge >= 0.3 is 0 Å². The number of anilines is 2. The molecule has 1 unspecified atom stereocenters. The van der Waals surface area contributed by atoms with Crippen molar-refractivity contribution < 1.29 is 9.53 Å². The summed E-state index contributed by atoms with van der Waals surface area (Å²) < 4.78 is 7.83. The predicted octanol–water partition coefficient (Wildman–Crippen LogP) is 3.67. The predicted molar refractivity (Wildman–Crippen MR) is 118 cm³/mol. The first kappa shape index (κ1) is 18.9. The molecule has 31 heavy (non-hydrogen) atoms. The Bertz CT molecular complexity index is 1160. The maximum Gasteiger partial charge on any atom is 0.268 e. The molecule has 7 nitrogen and oxygen atoms in total. The van der Waals surface area contributed by atoms with Gasteiger partial charge in [-0.05, 0) is 48.0 Å². The molecule has 5 rings (SSSR count). The molecule has 3 heterocycles. The summed E-state index contributed by atoms with van der Waals surface area (Å²) in [7, 11) is 0. The zero-order valence-electron chi connectivity index (χ0n) is 16.8. The van der Waals surface area contributed by atoms with Gasteiger partial charge in [-0.1, -0.05) is 30.3 Å². The second-order valence-corrected chi connectivity index (χ2v) is 7.28. The Balaban J connectivity index is 1.35. The molecule has 1 aliphatic heterocycles. The van der Waals surface area contributed by atoms with Gasteiger partial charge in [0.15, 0.2) is 6.10 Å². The van der Waals surface area contributed by atoms with Gasteiger partial charge in [0.2, 0.25) is 0 Å². The third-order valence-corrected chi connectivity index (χ3v) is 5.15. The van der Waals surface area contributed by atoms with Gasteiger partial charge in [-0.25, -0.2) is 9.67 Å². The van der Waals surface area contributed by atoms with Crippen molar-refractivity contribution in [3.05, 3.63) is 97.0 Å². The molecular weight excluding hydrogens is 390 g/mol. The Morgan fingerprint density at radius 3 is 2.61 bits per heavy atom. The highest BCUT2D eigenvalue weighted by Gasteiger charge is 2.30. The van der Waals surface area contributed by atoms with E-state index in [1.54, 1.807) is 18.5 Å². The second kappa shape index (κ2) is 8.31. The van der Waals surface area contributed by atoms with Gasteiger partial charge in [-0.3, -0.25) is 4.79 Å². The lowest BCUT2D eigenvalue weighted by Crippen LogP contribution is -2.46. The van der Waals surface area contributed by atoms with E-state index in [0.717, 1.165) is 16.9 Å². The summed E-state index contributed by atoms with van der Waals surface area (Å²) >= 11 is 0. The highest BCUT2D eigenvalue weighted by Crippen LogP contribution is 2.34. The van der Waals surface area contributed by atoms with Crippen LogP contribution in [-0.4, -0.2) is 33.3 Å². The number of rotatable bonds is 5. The molecule has 1 aliphatic rings. The number of carbonyl (C=O) groups excluding carboxylic acids is 1. The van der Waals surface area contributed by atoms with Gasteiger partial charge in [-0.2, -0.15) is 5.10 Å². The third kappa shape index (κ3) is 4.11. The van der Waals surface area contributed by atoms with E-state index in [2.05, 4.69) is 32.4 Å². The van der Waals surface area contributed by atoms with Gasteiger partial charge in [-0.15, -0.1) is 0 Å². The highest BCUT2D eigenvalue weighted by molar-refractivity contribution is 5.94. The van der Waals surface area contributed by atoms with Crippen LogP contribution in [0.3, 0.4) is 0 Å². The largest absolute Gasteiger partial charge is 0.477 e. The van der Waals surface area contributed by atoms with Crippen molar-refractivity contribution in [3.8, 4) is 11.4 Å². The summed E-state index contributed by atoms with van der Waals surface area (Å²) in [6.45, 7) is 1.10. The zero-order valence-corrected chi connectivity index (χ0v) is 16.8. The number of benzene rings is 2. The molecule has 154 valence electrons. The van der Waals surface area contributed by atoms with Crippen LogP contribution in [0, 0.1) is 0 Å². The van der Waals surface area contributed by atoms with E-state index in [1.165, 1.54) is 0 Å². The Morgan fingerprint density at radius 1 is 1.00 bits per heavy atom. The quantitative estimate of drug-likeness (QED) is 0.543. The van der Waals surface area contributed by atoms with Crippen molar-refractivity contribution in [2.75, 3.05) is 16.8 Å². The fourth-order valence-corrected chi connectivity index (χ4v) is 3.63. The van der Waals surface area contributed by atoms with Crippen LogP contribution in [-0.2, 0) is 11.3 Å². The number of hydrogen-bond acceptors (Lipinski definition) is 5. The van der Waals surface area contributed by atoms with Crippen LogP contribution in [0.25, 0.3) is 5.69 Å². The minimum atomic E-state index is -0.639. The van der Waals surface area contributed by atoms with E-state index in [1.807, 2.05) is 65.5 Å². The molecule has 0 bridgehead atoms. The first-order valence-electron chi connectivity index (χ1n) is 10.1. The number of pyridine rings is 1. The number of carbonyl (C=O) groups is 1. The number of fused-ring (bicyclic) bond motifs is 1. The lowest BCUT2D eigenvalue weighted by Gasteiger charge is -2.35. The average Bonchev–Trinajstić information content (AvgIpc) is 3.35. The van der Waals surface area contributed by atoms with Gasteiger partial charge in [0.05, 0.1) is 17.9 Å². The van der Waals surface area contributed by atoms with E-state index < -0.39 is 6.10 Å². The van der Waals surface area contributed by atoms with E-state index >= 15 is 0 Å². The summed E-state index contributed by atoms with van der Waals surface area (Å²) in [6.07, 6.45) is 4.68. The number of ether oxygens (including phenoxy) is 1. The van der Waals surface area contributed by atoms with Crippen LogP contribution in [0.15, 0.2) is 91.4 Å². The third-order valence-electron chi connectivity index (χ3n) is 5.15. The molecule has 0 aliphatic carbocycles. The first-order valence-corrected chi connectivity index (χ1v) is 10.1. The van der Waals surface area contributed by atoms with Crippen LogP contribution in [0.4, 0.5) is 11.5 Å². The molecule has 0 radical (unpaired) electrons. The van der Waals surface area contributed by atoms with Gasteiger partial charge in [0.25, 0.3) is 5.91 Å². The van der Waals surface area contributed by atoms with Gasteiger partial charge in [0.1, 0.15) is 11.6 Å². The summed E-state index contributed by atoms with van der Waals surface area (Å²) in [6, 6.07) is 23.3. The van der Waals surface area contributed by atoms with E-state index in [4.69, 9.17) is 4.74 Å². The monoisotopic (exact) mass is 411 g/mol. The van der Waals surface area contributed by atoms with Crippen molar-refractivity contribution in [2.45, 2.75) is 12.6 Å². The minimum Gasteiger partial charge on any atom is -0.477 e. The van der Waals surface area contributed by atoms with Crippen LogP contribution in [0.2, 0.25) is 0 Å². The maximum absolute atomic E-state index is 12.8. The number of hydrogen-bond donors (Lipinski definition) is 1. The molecule has 1 amide bonds. The number of amides is 1. The number of para-hydroxylation sites is 2. The van der Waals surface area contributed by atoms with Crippen LogP contribution >= 0.6 is 0 Å². The van der Waals surface area contributed by atoms with E-state index in [-0.39, 0.29) is 5.91 Å². The van der Waals surface area contributed by atoms with Crippen molar-refractivity contribution in [2.24, 2.45) is 0 Å². The summed E-state index contributed by atoms with van der Waals surface area (Å²) in [5.41, 5.74) is 3.11. The average molecular weight is 411 g/mol. The molecule has 0 saturated heterocycles. The smallest absolute Gasteiger partial charge is 0.268 e. The number of nitrogens with one attached hydrogen (secondary N) is 1. The summed E-state index contributed by atoms with van der Waals surface area (Å²) in [4.78, 5) is 19.2. The SMILES string of the molecule is O=C(Nc1ccccn1)C1CN(Cc2ccc(-n3cccn3)cc2)c2ccccc2O1. The second-order valence-electron chi connectivity index (χ2n) is 7.28.